The molecule has 0 amide bonds. The molecule has 124 valence electrons. The third-order valence-electron chi connectivity index (χ3n) is 4.09. The van der Waals surface area contributed by atoms with Gasteiger partial charge in [0.05, 0.1) is 0 Å². The van der Waals surface area contributed by atoms with Gasteiger partial charge in [0.1, 0.15) is 0 Å². The second kappa shape index (κ2) is 9.54. The molecule has 1 aliphatic heterocycles. The summed E-state index contributed by atoms with van der Waals surface area (Å²) in [5.41, 5.74) is 0. The molecule has 2 N–H and O–H groups in total. The van der Waals surface area contributed by atoms with Crippen molar-refractivity contribution in [2.24, 2.45) is 4.99 Å². The molecule has 0 aromatic carbocycles. The first-order valence-electron chi connectivity index (χ1n) is 7.95. The number of nitrogens with zero attached hydrogens (tertiary/aromatic N) is 3. The highest BCUT2D eigenvalue weighted by Crippen LogP contribution is 2.19. The predicted molar refractivity (Wildman–Crippen MR) is 95.5 cm³/mol. The highest BCUT2D eigenvalue weighted by Gasteiger charge is 2.17. The Labute approximate surface area is 134 Å². The van der Waals surface area contributed by atoms with E-state index in [1.807, 2.05) is 18.8 Å². The van der Waals surface area contributed by atoms with E-state index in [1.165, 1.54) is 32.7 Å². The summed E-state index contributed by atoms with van der Waals surface area (Å²) in [6.07, 6.45) is 2.15. The number of hydrogen-bond acceptors (Lipinski definition) is 4. The van der Waals surface area contributed by atoms with Crippen molar-refractivity contribution in [1.29, 1.82) is 0 Å². The minimum Gasteiger partial charge on any atom is -0.355 e. The van der Waals surface area contributed by atoms with Crippen molar-refractivity contribution in [3.63, 3.8) is 0 Å². The van der Waals surface area contributed by atoms with E-state index in [1.54, 1.807) is 0 Å². The Morgan fingerprint density at radius 3 is 2.29 bits per heavy atom. The molecule has 5 nitrogen and oxygen atoms in total. The van der Waals surface area contributed by atoms with Gasteiger partial charge in [0.15, 0.2) is 5.96 Å². The monoisotopic (exact) mass is 315 g/mol. The maximum Gasteiger partial charge on any atom is 0.191 e. The Hall–Kier alpha value is -0.460. The first kappa shape index (κ1) is 18.6. The highest BCUT2D eigenvalue weighted by atomic mass is 32.2. The second-order valence-electron chi connectivity index (χ2n) is 6.09. The van der Waals surface area contributed by atoms with Crippen LogP contribution in [-0.2, 0) is 0 Å². The molecule has 1 aliphatic rings. The first-order chi connectivity index (χ1) is 10.0. The van der Waals surface area contributed by atoms with E-state index < -0.39 is 0 Å². The summed E-state index contributed by atoms with van der Waals surface area (Å²) in [4.78, 5) is 9.33. The third-order valence-corrected chi connectivity index (χ3v) is 5.34. The van der Waals surface area contributed by atoms with Crippen LogP contribution in [0.1, 0.15) is 20.8 Å². The summed E-state index contributed by atoms with van der Waals surface area (Å²) in [7, 11) is 1.83. The quantitative estimate of drug-likeness (QED) is 0.540. The van der Waals surface area contributed by atoms with Crippen LogP contribution in [0.3, 0.4) is 0 Å². The molecule has 1 rings (SSSR count). The van der Waals surface area contributed by atoms with Gasteiger partial charge in [-0.2, -0.15) is 11.8 Å². The maximum absolute atomic E-state index is 4.29. The van der Waals surface area contributed by atoms with E-state index in [2.05, 4.69) is 52.5 Å². The number of piperazine rings is 1. The number of nitrogens with one attached hydrogen (secondary N) is 2. The topological polar surface area (TPSA) is 42.9 Å². The molecule has 1 heterocycles. The Morgan fingerprint density at radius 1 is 1.14 bits per heavy atom. The number of guanidine groups is 1. The van der Waals surface area contributed by atoms with Crippen LogP contribution >= 0.6 is 11.8 Å². The Kier molecular flexibility index (Phi) is 8.44. The summed E-state index contributed by atoms with van der Waals surface area (Å²) >= 11 is 1.87. The van der Waals surface area contributed by atoms with Crippen molar-refractivity contribution >= 4 is 17.7 Å². The molecule has 1 fully saturated rings. The van der Waals surface area contributed by atoms with Gasteiger partial charge in [-0.25, -0.2) is 0 Å². The van der Waals surface area contributed by atoms with Crippen molar-refractivity contribution in [2.75, 3.05) is 65.7 Å². The fourth-order valence-corrected chi connectivity index (χ4v) is 2.47. The van der Waals surface area contributed by atoms with Crippen LogP contribution in [0.15, 0.2) is 4.99 Å². The van der Waals surface area contributed by atoms with Crippen molar-refractivity contribution in [3.05, 3.63) is 0 Å². The van der Waals surface area contributed by atoms with Crippen LogP contribution < -0.4 is 10.6 Å². The SMILES string of the molecule is CCN1CCN(CCNC(=NC)NCC(C)(C)SC)CC1. The van der Waals surface area contributed by atoms with E-state index in [4.69, 9.17) is 0 Å². The van der Waals surface area contributed by atoms with Gasteiger partial charge in [0.25, 0.3) is 0 Å². The lowest BCUT2D eigenvalue weighted by Gasteiger charge is -2.34. The lowest BCUT2D eigenvalue weighted by atomic mass is 10.2. The van der Waals surface area contributed by atoms with E-state index in [0.29, 0.717) is 0 Å². The average Bonchev–Trinajstić information content (AvgIpc) is 2.51. The predicted octanol–water partition coefficient (Wildman–Crippen LogP) is 0.931. The van der Waals surface area contributed by atoms with Crippen LogP contribution in [0.5, 0.6) is 0 Å². The van der Waals surface area contributed by atoms with Gasteiger partial charge in [-0.15, -0.1) is 0 Å². The smallest absolute Gasteiger partial charge is 0.191 e. The molecule has 6 heteroatoms. The van der Waals surface area contributed by atoms with Crippen molar-refractivity contribution in [2.45, 2.75) is 25.5 Å². The summed E-state index contributed by atoms with van der Waals surface area (Å²) in [6.45, 7) is 15.6. The number of rotatable bonds is 7. The zero-order chi connectivity index (χ0) is 15.7. The molecule has 1 saturated heterocycles. The standard InChI is InChI=1S/C15H33N5S/c1-6-19-9-11-20(12-10-19)8-7-17-14(16-4)18-13-15(2,3)21-5/h6-13H2,1-5H3,(H2,16,17,18). The third kappa shape index (κ3) is 7.38. The Bertz CT molecular complexity index is 311. The number of aliphatic imine (C=N–C) groups is 1. The fourth-order valence-electron chi connectivity index (χ4n) is 2.25. The van der Waals surface area contributed by atoms with Crippen molar-refractivity contribution in [3.8, 4) is 0 Å². The molecule has 0 bridgehead atoms. The molecule has 0 radical (unpaired) electrons. The van der Waals surface area contributed by atoms with Crippen LogP contribution in [0.4, 0.5) is 0 Å². The van der Waals surface area contributed by atoms with Gasteiger partial charge in [-0.3, -0.25) is 9.89 Å². The highest BCUT2D eigenvalue weighted by molar-refractivity contribution is 7.99. The number of hydrogen-bond donors (Lipinski definition) is 2. The Balaban J connectivity index is 2.18. The fraction of sp³-hybridized carbons (Fsp3) is 0.933. The molecule has 0 aliphatic carbocycles. The van der Waals surface area contributed by atoms with Crippen LogP contribution in [0.2, 0.25) is 0 Å². The lowest BCUT2D eigenvalue weighted by molar-refractivity contribution is 0.139. The largest absolute Gasteiger partial charge is 0.355 e. The van der Waals surface area contributed by atoms with Gasteiger partial charge in [0.2, 0.25) is 0 Å². The Morgan fingerprint density at radius 2 is 1.76 bits per heavy atom. The van der Waals surface area contributed by atoms with Crippen LogP contribution in [0.25, 0.3) is 0 Å². The molecule has 0 aromatic rings. The molecule has 21 heavy (non-hydrogen) atoms. The van der Waals surface area contributed by atoms with Gasteiger partial charge in [-0.1, -0.05) is 6.92 Å². The zero-order valence-electron chi connectivity index (χ0n) is 14.4. The molecule has 0 aromatic heterocycles. The summed E-state index contributed by atoms with van der Waals surface area (Å²) in [5.74, 6) is 0.907. The normalized spacial score (nSPS) is 18.8. The molecular formula is C15H33N5S. The lowest BCUT2D eigenvalue weighted by Crippen LogP contribution is -2.49. The minimum absolute atomic E-state index is 0.230. The zero-order valence-corrected chi connectivity index (χ0v) is 15.2. The molecule has 0 spiro atoms. The van der Waals surface area contributed by atoms with Crippen molar-refractivity contribution in [1.82, 2.24) is 20.4 Å². The van der Waals surface area contributed by atoms with E-state index >= 15 is 0 Å². The number of likely N-dealkylation sites (N-methyl/N-ethyl adjacent to an activating group) is 1. The van der Waals surface area contributed by atoms with Gasteiger partial charge in [-0.05, 0) is 26.6 Å². The molecule has 0 atom stereocenters. The molecular weight excluding hydrogens is 282 g/mol. The summed E-state index contributed by atoms with van der Waals surface area (Å²) in [6, 6.07) is 0. The average molecular weight is 316 g/mol. The van der Waals surface area contributed by atoms with E-state index in [0.717, 1.165) is 25.6 Å². The van der Waals surface area contributed by atoms with Crippen LogP contribution in [-0.4, -0.2) is 86.2 Å². The minimum atomic E-state index is 0.230. The molecule has 0 saturated carbocycles. The van der Waals surface area contributed by atoms with Gasteiger partial charge >= 0.3 is 0 Å². The number of thioether (sulfide) groups is 1. The van der Waals surface area contributed by atoms with Crippen LogP contribution in [0, 0.1) is 0 Å². The van der Waals surface area contributed by atoms with E-state index in [9.17, 15) is 0 Å². The summed E-state index contributed by atoms with van der Waals surface area (Å²) in [5, 5.41) is 6.82. The van der Waals surface area contributed by atoms with E-state index in [-0.39, 0.29) is 4.75 Å². The van der Waals surface area contributed by atoms with Gasteiger partial charge < -0.3 is 15.5 Å². The first-order valence-corrected chi connectivity index (χ1v) is 9.17. The summed E-state index contributed by atoms with van der Waals surface area (Å²) < 4.78 is 0.230. The molecule has 0 unspecified atom stereocenters. The maximum atomic E-state index is 4.29. The second-order valence-corrected chi connectivity index (χ2v) is 7.61. The van der Waals surface area contributed by atoms with Gasteiger partial charge in [0, 0.05) is 57.6 Å². The van der Waals surface area contributed by atoms with Crippen molar-refractivity contribution < 1.29 is 0 Å².